The van der Waals surface area contributed by atoms with Gasteiger partial charge in [0.1, 0.15) is 10.7 Å². The Balaban J connectivity index is 3.39. The maximum Gasteiger partial charge on any atom is 0.262 e. The summed E-state index contributed by atoms with van der Waals surface area (Å²) >= 11 is 5.67. The monoisotopic (exact) mass is 355 g/mol. The van der Waals surface area contributed by atoms with E-state index < -0.39 is 25.7 Å². The second-order valence-corrected chi connectivity index (χ2v) is 7.73. The van der Waals surface area contributed by atoms with E-state index >= 15 is 0 Å². The van der Waals surface area contributed by atoms with E-state index in [0.29, 0.717) is 13.0 Å². The second-order valence-electron chi connectivity index (χ2n) is 4.79. The molecule has 118 valence electrons. The van der Waals surface area contributed by atoms with E-state index in [2.05, 4.69) is 0 Å². The van der Waals surface area contributed by atoms with E-state index in [1.54, 1.807) is 13.8 Å². The van der Waals surface area contributed by atoms with E-state index in [0.717, 1.165) is 12.1 Å². The number of rotatable bonds is 5. The fourth-order valence-corrected chi connectivity index (χ4v) is 3.38. The number of amides is 1. The summed E-state index contributed by atoms with van der Waals surface area (Å²) in [5.41, 5.74) is -0.360. The van der Waals surface area contributed by atoms with Gasteiger partial charge in [-0.15, -0.1) is 0 Å². The lowest BCUT2D eigenvalue weighted by Gasteiger charge is -2.26. The van der Waals surface area contributed by atoms with Crippen molar-refractivity contribution in [2.75, 3.05) is 6.54 Å². The van der Waals surface area contributed by atoms with Gasteiger partial charge in [-0.2, -0.15) is 0 Å². The lowest BCUT2D eigenvalue weighted by Crippen LogP contribution is -2.38. The Bertz CT molecular complexity index is 647. The molecule has 0 aliphatic heterocycles. The molecule has 21 heavy (non-hydrogen) atoms. The van der Waals surface area contributed by atoms with E-state index in [4.69, 9.17) is 22.3 Å². The van der Waals surface area contributed by atoms with Crippen molar-refractivity contribution in [1.82, 2.24) is 4.90 Å². The first kappa shape index (κ1) is 18.2. The maximum absolute atomic E-state index is 14.0. The molecule has 1 aromatic carbocycles. The van der Waals surface area contributed by atoms with Gasteiger partial charge in [0.2, 0.25) is 0 Å². The molecule has 0 unspecified atom stereocenters. The van der Waals surface area contributed by atoms with Gasteiger partial charge in [0, 0.05) is 23.3 Å². The third-order valence-corrected chi connectivity index (χ3v) is 4.65. The number of carbonyl (C=O) groups excluding carboxylic acids is 1. The largest absolute Gasteiger partial charge is 0.336 e. The summed E-state index contributed by atoms with van der Waals surface area (Å²) in [5.74, 6) is -1.47. The highest BCUT2D eigenvalue weighted by molar-refractivity contribution is 8.13. The summed E-state index contributed by atoms with van der Waals surface area (Å²) in [6.07, 6.45) is 0.694. The molecule has 0 bridgehead atoms. The van der Waals surface area contributed by atoms with Crippen LogP contribution in [-0.4, -0.2) is 31.8 Å². The molecule has 0 radical (unpaired) electrons. The molecular weight excluding hydrogens is 340 g/mol. The molecule has 0 aliphatic carbocycles. The van der Waals surface area contributed by atoms with Gasteiger partial charge in [-0.25, -0.2) is 12.8 Å². The number of hydrogen-bond donors (Lipinski definition) is 0. The van der Waals surface area contributed by atoms with Crippen LogP contribution in [-0.2, 0) is 9.05 Å². The minimum absolute atomic E-state index is 0.149. The van der Waals surface area contributed by atoms with Crippen LogP contribution < -0.4 is 0 Å². The van der Waals surface area contributed by atoms with Gasteiger partial charge in [-0.3, -0.25) is 4.79 Å². The lowest BCUT2D eigenvalue weighted by molar-refractivity contribution is 0.0701. The molecule has 0 atom stereocenters. The highest BCUT2D eigenvalue weighted by Gasteiger charge is 2.25. The van der Waals surface area contributed by atoms with Gasteiger partial charge in [0.15, 0.2) is 0 Å². The molecule has 0 fully saturated rings. The third-order valence-electron chi connectivity index (χ3n) is 2.86. The van der Waals surface area contributed by atoms with Crippen LogP contribution in [0.4, 0.5) is 4.39 Å². The highest BCUT2D eigenvalue weighted by atomic mass is 35.7. The molecule has 4 nitrogen and oxygen atoms in total. The van der Waals surface area contributed by atoms with E-state index in [1.165, 1.54) is 4.90 Å². The average molecular weight is 356 g/mol. The lowest BCUT2D eigenvalue weighted by atomic mass is 10.1. The van der Waals surface area contributed by atoms with Crippen molar-refractivity contribution in [2.24, 2.45) is 0 Å². The molecule has 0 N–H and O–H groups in total. The number of hydrogen-bond acceptors (Lipinski definition) is 3. The van der Waals surface area contributed by atoms with Gasteiger partial charge < -0.3 is 4.90 Å². The van der Waals surface area contributed by atoms with E-state index in [9.17, 15) is 17.6 Å². The maximum atomic E-state index is 14.0. The number of nitrogens with zero attached hydrogens (tertiary/aromatic N) is 1. The van der Waals surface area contributed by atoms with Crippen molar-refractivity contribution in [3.63, 3.8) is 0 Å². The summed E-state index contributed by atoms with van der Waals surface area (Å²) in [4.78, 5) is 13.4. The fourth-order valence-electron chi connectivity index (χ4n) is 1.87. The molecule has 0 aromatic heterocycles. The molecular formula is C13H16Cl2FNO3S. The van der Waals surface area contributed by atoms with E-state index in [-0.39, 0.29) is 16.6 Å². The number of halogens is 3. The van der Waals surface area contributed by atoms with Gasteiger partial charge in [-0.1, -0.05) is 18.5 Å². The van der Waals surface area contributed by atoms with Crippen molar-refractivity contribution in [2.45, 2.75) is 38.1 Å². The number of carbonyl (C=O) groups is 1. The Morgan fingerprint density at radius 2 is 1.95 bits per heavy atom. The number of benzene rings is 1. The minimum Gasteiger partial charge on any atom is -0.336 e. The van der Waals surface area contributed by atoms with Crippen LogP contribution in [0.3, 0.4) is 0 Å². The Hall–Kier alpha value is -0.850. The normalized spacial score (nSPS) is 11.8. The summed E-state index contributed by atoms with van der Waals surface area (Å²) in [6.45, 7) is 5.90. The first-order valence-electron chi connectivity index (χ1n) is 6.34. The van der Waals surface area contributed by atoms with Crippen molar-refractivity contribution in [3.05, 3.63) is 28.5 Å². The standard InChI is InChI=1S/C13H16Cl2FNO3S/c1-4-5-17(8(2)3)13(18)9-6-12(21(15,19)20)10(14)7-11(9)16/h6-8H,4-5H2,1-3H3. The zero-order valence-electron chi connectivity index (χ0n) is 11.9. The Morgan fingerprint density at radius 3 is 2.38 bits per heavy atom. The van der Waals surface area contributed by atoms with Gasteiger partial charge in [0.05, 0.1) is 10.6 Å². The molecule has 0 saturated heterocycles. The third kappa shape index (κ3) is 4.31. The predicted octanol–water partition coefficient (Wildman–Crippen LogP) is 3.67. The Kier molecular flexibility index (Phi) is 6.01. The average Bonchev–Trinajstić information content (AvgIpc) is 2.33. The van der Waals surface area contributed by atoms with Crippen molar-refractivity contribution in [3.8, 4) is 0 Å². The highest BCUT2D eigenvalue weighted by Crippen LogP contribution is 2.28. The zero-order valence-corrected chi connectivity index (χ0v) is 14.2. The second kappa shape index (κ2) is 6.94. The molecule has 1 aromatic rings. The van der Waals surface area contributed by atoms with E-state index in [1.807, 2.05) is 6.92 Å². The smallest absolute Gasteiger partial charge is 0.262 e. The summed E-state index contributed by atoms with van der Waals surface area (Å²) in [7, 11) is 1.07. The summed E-state index contributed by atoms with van der Waals surface area (Å²) < 4.78 is 36.8. The van der Waals surface area contributed by atoms with Crippen LogP contribution in [0.5, 0.6) is 0 Å². The molecule has 0 aliphatic rings. The van der Waals surface area contributed by atoms with Gasteiger partial charge in [-0.05, 0) is 32.4 Å². The fraction of sp³-hybridized carbons (Fsp3) is 0.462. The first-order valence-corrected chi connectivity index (χ1v) is 9.03. The van der Waals surface area contributed by atoms with Crippen LogP contribution in [0.15, 0.2) is 17.0 Å². The van der Waals surface area contributed by atoms with Crippen molar-refractivity contribution in [1.29, 1.82) is 0 Å². The van der Waals surface area contributed by atoms with Crippen molar-refractivity contribution >= 4 is 37.2 Å². The first-order chi connectivity index (χ1) is 9.59. The minimum atomic E-state index is -4.16. The molecule has 0 spiro atoms. The molecule has 0 heterocycles. The van der Waals surface area contributed by atoms with Gasteiger partial charge >= 0.3 is 0 Å². The Labute approximate surface area is 133 Å². The molecule has 1 rings (SSSR count). The van der Waals surface area contributed by atoms with Crippen LogP contribution in [0.2, 0.25) is 5.02 Å². The van der Waals surface area contributed by atoms with Gasteiger partial charge in [0.25, 0.3) is 15.0 Å². The summed E-state index contributed by atoms with van der Waals surface area (Å²) in [6, 6.07) is 1.52. The van der Waals surface area contributed by atoms with Crippen LogP contribution in [0.25, 0.3) is 0 Å². The Morgan fingerprint density at radius 1 is 1.38 bits per heavy atom. The van der Waals surface area contributed by atoms with Crippen LogP contribution in [0, 0.1) is 5.82 Å². The zero-order chi connectivity index (χ0) is 16.4. The molecule has 8 heteroatoms. The summed E-state index contributed by atoms with van der Waals surface area (Å²) in [5, 5.41) is -0.356. The van der Waals surface area contributed by atoms with Crippen LogP contribution in [0.1, 0.15) is 37.6 Å². The predicted molar refractivity (Wildman–Crippen MR) is 80.9 cm³/mol. The topological polar surface area (TPSA) is 54.5 Å². The quantitative estimate of drug-likeness (QED) is 0.757. The molecule has 0 saturated carbocycles. The van der Waals surface area contributed by atoms with Crippen molar-refractivity contribution < 1.29 is 17.6 Å². The molecule has 1 amide bonds. The van der Waals surface area contributed by atoms with Crippen LogP contribution >= 0.6 is 22.3 Å². The SMILES string of the molecule is CCCN(C(=O)c1cc(S(=O)(=O)Cl)c(Cl)cc1F)C(C)C.